The number of fused-ring (bicyclic) bond motifs is 3. The number of benzene rings is 2. The van der Waals surface area contributed by atoms with E-state index >= 15 is 0 Å². The molecule has 0 radical (unpaired) electrons. The molecule has 1 unspecified atom stereocenters. The van der Waals surface area contributed by atoms with Crippen LogP contribution in [0.25, 0.3) is 11.1 Å². The zero-order valence-electron chi connectivity index (χ0n) is 23.2. The van der Waals surface area contributed by atoms with Gasteiger partial charge in [-0.2, -0.15) is 0 Å². The molecular weight excluding hydrogens is 498 g/mol. The Labute approximate surface area is 230 Å². The van der Waals surface area contributed by atoms with Crippen LogP contribution in [0.4, 0.5) is 13.6 Å². The van der Waals surface area contributed by atoms with Gasteiger partial charge in [-0.3, -0.25) is 4.79 Å². The number of urea groups is 1. The van der Waals surface area contributed by atoms with Crippen molar-refractivity contribution in [3.8, 4) is 11.1 Å². The summed E-state index contributed by atoms with van der Waals surface area (Å²) in [6.45, 7) is 9.53. The van der Waals surface area contributed by atoms with E-state index < -0.39 is 11.5 Å². The van der Waals surface area contributed by atoms with Crippen LogP contribution >= 0.6 is 0 Å². The molecule has 0 saturated carbocycles. The van der Waals surface area contributed by atoms with Crippen molar-refractivity contribution in [3.63, 3.8) is 0 Å². The van der Waals surface area contributed by atoms with E-state index in [0.29, 0.717) is 11.5 Å². The number of alkyl halides is 2. The Bertz CT molecular complexity index is 1180. The van der Waals surface area contributed by atoms with Gasteiger partial charge in [-0.15, -0.1) is 0 Å². The van der Waals surface area contributed by atoms with Gasteiger partial charge in [0.2, 0.25) is 0 Å². The first-order valence-electron chi connectivity index (χ1n) is 14.2. The highest BCUT2D eigenvalue weighted by atomic mass is 19.3. The highest BCUT2D eigenvalue weighted by molar-refractivity contribution is 5.94. The van der Waals surface area contributed by atoms with Crippen LogP contribution in [0.2, 0.25) is 0 Å². The van der Waals surface area contributed by atoms with Crippen molar-refractivity contribution in [2.45, 2.75) is 69.9 Å². The van der Waals surface area contributed by atoms with Crippen LogP contribution in [-0.4, -0.2) is 65.9 Å². The lowest BCUT2D eigenvalue weighted by Gasteiger charge is -2.53. The summed E-state index contributed by atoms with van der Waals surface area (Å²) in [4.78, 5) is 29.9. The molecule has 2 aromatic rings. The number of hydrogen-bond donors (Lipinski definition) is 2. The maximum atomic E-state index is 13.4. The monoisotopic (exact) mass is 538 g/mol. The summed E-state index contributed by atoms with van der Waals surface area (Å²) in [5.74, 6) is -2.35. The summed E-state index contributed by atoms with van der Waals surface area (Å²) >= 11 is 0. The Hall–Kier alpha value is -3.00. The van der Waals surface area contributed by atoms with Crippen LogP contribution in [0.3, 0.4) is 0 Å². The summed E-state index contributed by atoms with van der Waals surface area (Å²) in [6.07, 6.45) is 2.65. The standard InChI is InChI=1S/C31H40F2N4O2/c1-4-30(21-36-17-13-26(30)14-18-36)35-28(39)34-29(2,3)25-11-9-23(10-12-25)22-5-7-24(8-6-22)27(38)37-19-15-31(32,33)16-20-37/h5-12,26H,4,13-21H2,1-3H3,(H2,34,35,39). The van der Waals surface area contributed by atoms with Gasteiger partial charge in [-0.25, -0.2) is 13.6 Å². The van der Waals surface area contributed by atoms with Crippen molar-refractivity contribution in [2.75, 3.05) is 32.7 Å². The molecule has 2 N–H and O–H groups in total. The van der Waals surface area contributed by atoms with Gasteiger partial charge >= 0.3 is 6.03 Å². The summed E-state index contributed by atoms with van der Waals surface area (Å²) in [7, 11) is 0. The lowest BCUT2D eigenvalue weighted by atomic mass is 9.71. The molecule has 8 heteroatoms. The second-order valence-electron chi connectivity index (χ2n) is 12.1. The minimum atomic E-state index is -2.67. The molecule has 6 nitrogen and oxygen atoms in total. The van der Waals surface area contributed by atoms with Gasteiger partial charge in [0.25, 0.3) is 11.8 Å². The Morgan fingerprint density at radius 1 is 0.923 bits per heavy atom. The Morgan fingerprint density at radius 3 is 2.00 bits per heavy atom. The Kier molecular flexibility index (Phi) is 7.44. The lowest BCUT2D eigenvalue weighted by molar-refractivity contribution is -0.0494. The molecule has 39 heavy (non-hydrogen) atoms. The molecule has 0 aliphatic carbocycles. The van der Waals surface area contributed by atoms with E-state index in [0.717, 1.165) is 55.6 Å². The maximum Gasteiger partial charge on any atom is 0.315 e. The fourth-order valence-electron chi connectivity index (χ4n) is 6.52. The van der Waals surface area contributed by atoms with E-state index in [1.807, 2.05) is 50.2 Å². The van der Waals surface area contributed by atoms with Gasteiger partial charge in [-0.1, -0.05) is 43.3 Å². The fraction of sp³-hybridized carbons (Fsp3) is 0.548. The van der Waals surface area contributed by atoms with E-state index in [1.165, 1.54) is 4.90 Å². The number of carbonyl (C=O) groups is 2. The van der Waals surface area contributed by atoms with Crippen LogP contribution in [0, 0.1) is 5.92 Å². The van der Waals surface area contributed by atoms with E-state index in [9.17, 15) is 18.4 Å². The summed E-state index contributed by atoms with van der Waals surface area (Å²) in [5, 5.41) is 6.55. The minimum absolute atomic E-state index is 0.0787. The second kappa shape index (κ2) is 10.5. The molecule has 0 aromatic heterocycles. The molecular formula is C31H40F2N4O2. The molecule has 4 heterocycles. The third-order valence-corrected chi connectivity index (χ3v) is 9.15. The Morgan fingerprint density at radius 2 is 1.49 bits per heavy atom. The third-order valence-electron chi connectivity index (χ3n) is 9.15. The van der Waals surface area contributed by atoms with Crippen LogP contribution < -0.4 is 10.6 Å². The van der Waals surface area contributed by atoms with Crippen LogP contribution in [0.1, 0.15) is 68.8 Å². The van der Waals surface area contributed by atoms with Gasteiger partial charge in [0.15, 0.2) is 0 Å². The molecule has 4 aliphatic heterocycles. The summed E-state index contributed by atoms with van der Waals surface area (Å²) in [6, 6.07) is 15.2. The number of nitrogens with zero attached hydrogens (tertiary/aromatic N) is 2. The predicted molar refractivity (Wildman–Crippen MR) is 149 cm³/mol. The van der Waals surface area contributed by atoms with Gasteiger partial charge < -0.3 is 20.4 Å². The maximum absolute atomic E-state index is 13.4. The van der Waals surface area contributed by atoms with Gasteiger partial charge in [0.05, 0.1) is 11.1 Å². The fourth-order valence-corrected chi connectivity index (χ4v) is 6.52. The molecule has 2 bridgehead atoms. The topological polar surface area (TPSA) is 64.7 Å². The first-order valence-corrected chi connectivity index (χ1v) is 14.2. The van der Waals surface area contributed by atoms with Crippen LogP contribution in [0.5, 0.6) is 0 Å². The van der Waals surface area contributed by atoms with Gasteiger partial charge in [0, 0.05) is 38.0 Å². The first-order chi connectivity index (χ1) is 18.5. The number of nitrogens with one attached hydrogen (secondary N) is 2. The molecule has 210 valence electrons. The molecule has 6 rings (SSSR count). The third kappa shape index (κ3) is 5.81. The quantitative estimate of drug-likeness (QED) is 0.501. The van der Waals surface area contributed by atoms with Crippen molar-refractivity contribution in [3.05, 3.63) is 59.7 Å². The van der Waals surface area contributed by atoms with Crippen molar-refractivity contribution < 1.29 is 18.4 Å². The summed E-state index contributed by atoms with van der Waals surface area (Å²) < 4.78 is 26.9. The zero-order chi connectivity index (χ0) is 27.8. The van der Waals surface area contributed by atoms with E-state index in [1.54, 1.807) is 12.1 Å². The number of halogens is 2. The van der Waals surface area contributed by atoms with Gasteiger partial charge in [0.1, 0.15) is 0 Å². The second-order valence-corrected chi connectivity index (χ2v) is 12.1. The van der Waals surface area contributed by atoms with Gasteiger partial charge in [-0.05, 0) is 80.9 Å². The van der Waals surface area contributed by atoms with E-state index in [-0.39, 0.29) is 43.4 Å². The van der Waals surface area contributed by atoms with E-state index in [4.69, 9.17) is 0 Å². The number of likely N-dealkylation sites (tertiary alicyclic amines) is 1. The predicted octanol–water partition coefficient (Wildman–Crippen LogP) is 5.63. The van der Waals surface area contributed by atoms with Crippen molar-refractivity contribution in [1.29, 1.82) is 0 Å². The highest BCUT2D eigenvalue weighted by Crippen LogP contribution is 2.38. The van der Waals surface area contributed by atoms with Crippen molar-refractivity contribution >= 4 is 11.9 Å². The summed E-state index contributed by atoms with van der Waals surface area (Å²) in [5.41, 5.74) is 2.73. The number of piperidine rings is 4. The molecule has 4 saturated heterocycles. The highest BCUT2D eigenvalue weighted by Gasteiger charge is 2.46. The molecule has 4 aliphatic rings. The van der Waals surface area contributed by atoms with Crippen molar-refractivity contribution in [1.82, 2.24) is 20.4 Å². The number of carbonyl (C=O) groups excluding carboxylic acids is 2. The minimum Gasteiger partial charge on any atom is -0.338 e. The molecule has 4 fully saturated rings. The smallest absolute Gasteiger partial charge is 0.315 e. The normalized spacial score (nSPS) is 26.2. The molecule has 3 amide bonds. The molecule has 0 spiro atoms. The number of amides is 3. The molecule has 1 atom stereocenters. The lowest BCUT2D eigenvalue weighted by Crippen LogP contribution is -2.68. The molecule has 2 aromatic carbocycles. The first kappa shape index (κ1) is 27.6. The van der Waals surface area contributed by atoms with Crippen LogP contribution in [-0.2, 0) is 5.54 Å². The number of hydrogen-bond acceptors (Lipinski definition) is 3. The zero-order valence-corrected chi connectivity index (χ0v) is 23.2. The Balaban J connectivity index is 1.21. The van der Waals surface area contributed by atoms with Crippen molar-refractivity contribution in [2.24, 2.45) is 5.92 Å². The van der Waals surface area contributed by atoms with E-state index in [2.05, 4.69) is 22.5 Å². The largest absolute Gasteiger partial charge is 0.338 e. The average molecular weight is 539 g/mol. The average Bonchev–Trinajstić information content (AvgIpc) is 2.93. The number of rotatable bonds is 6. The van der Waals surface area contributed by atoms with Crippen LogP contribution in [0.15, 0.2) is 48.5 Å². The SMILES string of the molecule is CCC1(NC(=O)NC(C)(C)c2ccc(-c3ccc(C(=O)N4CCC(F)(F)CC4)cc3)cc2)CN2CCC1CC2.